The van der Waals surface area contributed by atoms with E-state index in [0.717, 1.165) is 19.3 Å². The number of Topliss-reactive ketones (excluding diaryl/α,β-unsaturated/α-hetero) is 1. The molecule has 10 nitrogen and oxygen atoms in total. The Morgan fingerprint density at radius 3 is 2.22 bits per heavy atom. The maximum atomic E-state index is 12.9. The van der Waals surface area contributed by atoms with E-state index in [1.165, 1.54) is 75.0 Å². The third-order valence-electron chi connectivity index (χ3n) is 6.94. The SMILES string of the molecule is CCCCCCCCCCCCCCCC(O)C(=O)[C@H]1O[C@@H](n2cc(C)c(=O)[nH]c2=O)C[C@@H]1N=[N+]=[N-]. The van der Waals surface area contributed by atoms with Crippen LogP contribution in [0.2, 0.25) is 0 Å². The molecule has 36 heavy (non-hydrogen) atoms. The lowest BCUT2D eigenvalue weighted by Crippen LogP contribution is -2.38. The second kappa shape index (κ2) is 16.3. The van der Waals surface area contributed by atoms with E-state index >= 15 is 0 Å². The number of rotatable bonds is 18. The van der Waals surface area contributed by atoms with Crippen LogP contribution < -0.4 is 11.2 Å². The molecule has 2 heterocycles. The van der Waals surface area contributed by atoms with Gasteiger partial charge in [-0.25, -0.2) is 4.79 Å². The Labute approximate surface area is 213 Å². The van der Waals surface area contributed by atoms with Crippen LogP contribution in [0.15, 0.2) is 20.9 Å². The third-order valence-corrected chi connectivity index (χ3v) is 6.94. The molecule has 0 bridgehead atoms. The van der Waals surface area contributed by atoms with Gasteiger partial charge in [0.05, 0.1) is 6.04 Å². The number of azide groups is 1. The van der Waals surface area contributed by atoms with Gasteiger partial charge in [0, 0.05) is 23.1 Å². The van der Waals surface area contributed by atoms with E-state index in [9.17, 15) is 19.5 Å². The van der Waals surface area contributed by atoms with Crippen LogP contribution in [0, 0.1) is 6.92 Å². The number of nitrogens with one attached hydrogen (secondary N) is 1. The summed E-state index contributed by atoms with van der Waals surface area (Å²) in [6.07, 6.45) is 14.3. The van der Waals surface area contributed by atoms with Crippen molar-refractivity contribution in [3.05, 3.63) is 43.0 Å². The highest BCUT2D eigenvalue weighted by molar-refractivity contribution is 5.88. The van der Waals surface area contributed by atoms with Crippen molar-refractivity contribution in [2.24, 2.45) is 5.11 Å². The number of carbonyl (C=O) groups is 1. The lowest BCUT2D eigenvalue weighted by atomic mass is 9.98. The molecule has 1 saturated heterocycles. The van der Waals surface area contributed by atoms with Gasteiger partial charge in [0.2, 0.25) is 0 Å². The molecule has 4 atom stereocenters. The van der Waals surface area contributed by atoms with Gasteiger partial charge >= 0.3 is 5.69 Å². The van der Waals surface area contributed by atoms with E-state index in [4.69, 9.17) is 10.3 Å². The number of aromatic nitrogens is 2. The number of ether oxygens (including phenoxy) is 1. The largest absolute Gasteiger partial charge is 0.385 e. The van der Waals surface area contributed by atoms with Gasteiger partial charge in [0.15, 0.2) is 5.78 Å². The van der Waals surface area contributed by atoms with E-state index in [2.05, 4.69) is 21.9 Å². The fourth-order valence-electron chi connectivity index (χ4n) is 4.74. The van der Waals surface area contributed by atoms with Gasteiger partial charge in [-0.2, -0.15) is 0 Å². The standard InChI is InChI=1S/C26H43N5O5/c1-3-4-5-6-7-8-9-10-11-12-13-14-15-16-21(32)23(33)24-20(29-30-27)17-22(36-24)31-18-19(2)25(34)28-26(31)35/h18,20-22,24,32H,3-17H2,1-2H3,(H,28,34,35)/t20-,21?,22+,24-/m0/s1. The zero-order chi connectivity index (χ0) is 26.3. The van der Waals surface area contributed by atoms with E-state index < -0.39 is 41.5 Å². The van der Waals surface area contributed by atoms with Crippen LogP contribution in [-0.4, -0.2) is 38.7 Å². The number of aromatic amines is 1. The topological polar surface area (TPSA) is 150 Å². The summed E-state index contributed by atoms with van der Waals surface area (Å²) in [4.78, 5) is 41.7. The molecule has 0 spiro atoms. The minimum absolute atomic E-state index is 0.0946. The van der Waals surface area contributed by atoms with E-state index in [-0.39, 0.29) is 6.42 Å². The highest BCUT2D eigenvalue weighted by Gasteiger charge is 2.42. The van der Waals surface area contributed by atoms with Crippen LogP contribution in [0.4, 0.5) is 0 Å². The summed E-state index contributed by atoms with van der Waals surface area (Å²) in [5, 5.41) is 14.1. The number of aryl methyl sites for hydroxylation is 1. The quantitative estimate of drug-likeness (QED) is 0.121. The fourth-order valence-corrected chi connectivity index (χ4v) is 4.74. The number of hydrogen-bond donors (Lipinski definition) is 2. The second-order valence-corrected chi connectivity index (χ2v) is 9.95. The Kier molecular flexibility index (Phi) is 13.5. The first-order chi connectivity index (χ1) is 17.4. The van der Waals surface area contributed by atoms with Crippen LogP contribution in [0.1, 0.15) is 115 Å². The Morgan fingerprint density at radius 1 is 1.11 bits per heavy atom. The van der Waals surface area contributed by atoms with Gasteiger partial charge in [-0.1, -0.05) is 95.5 Å². The number of aliphatic hydroxyl groups is 1. The number of unbranched alkanes of at least 4 members (excludes halogenated alkanes) is 12. The second-order valence-electron chi connectivity index (χ2n) is 9.95. The van der Waals surface area contributed by atoms with Crippen LogP contribution in [0.3, 0.4) is 0 Å². The van der Waals surface area contributed by atoms with Crippen LogP contribution in [0.25, 0.3) is 10.4 Å². The molecule has 1 unspecified atom stereocenters. The first kappa shape index (κ1) is 29.8. The molecule has 2 N–H and O–H groups in total. The molecule has 1 fully saturated rings. The number of aliphatic hydroxyl groups excluding tert-OH is 1. The summed E-state index contributed by atoms with van der Waals surface area (Å²) in [6.45, 7) is 3.79. The normalized spacial score (nSPS) is 20.2. The van der Waals surface area contributed by atoms with Crippen molar-refractivity contribution in [3.63, 3.8) is 0 Å². The molecule has 0 aliphatic carbocycles. The molecule has 2 rings (SSSR count). The minimum Gasteiger partial charge on any atom is -0.385 e. The van der Waals surface area contributed by atoms with E-state index in [1.807, 2.05) is 0 Å². The molecule has 0 saturated carbocycles. The summed E-state index contributed by atoms with van der Waals surface area (Å²) in [7, 11) is 0. The van der Waals surface area contributed by atoms with Crippen molar-refractivity contribution in [1.29, 1.82) is 0 Å². The Hall–Kier alpha value is -2.42. The highest BCUT2D eigenvalue weighted by atomic mass is 16.5. The van der Waals surface area contributed by atoms with Crippen molar-refractivity contribution in [2.45, 2.75) is 135 Å². The molecule has 1 aliphatic rings. The highest BCUT2D eigenvalue weighted by Crippen LogP contribution is 2.31. The average Bonchev–Trinajstić information content (AvgIpc) is 3.27. The van der Waals surface area contributed by atoms with E-state index in [1.54, 1.807) is 6.92 Å². The molecule has 0 radical (unpaired) electrons. The lowest BCUT2D eigenvalue weighted by molar-refractivity contribution is -0.141. The van der Waals surface area contributed by atoms with Crippen molar-refractivity contribution >= 4 is 5.78 Å². The van der Waals surface area contributed by atoms with Crippen molar-refractivity contribution in [2.75, 3.05) is 0 Å². The van der Waals surface area contributed by atoms with Crippen molar-refractivity contribution in [3.8, 4) is 0 Å². The molecule has 0 aromatic carbocycles. The molecule has 10 heteroatoms. The molecule has 1 aromatic rings. The third kappa shape index (κ3) is 9.56. The van der Waals surface area contributed by atoms with Gasteiger partial charge < -0.3 is 9.84 Å². The average molecular weight is 506 g/mol. The van der Waals surface area contributed by atoms with Crippen LogP contribution >= 0.6 is 0 Å². The van der Waals surface area contributed by atoms with Gasteiger partial charge in [0.1, 0.15) is 18.4 Å². The Balaban J connectivity index is 1.70. The zero-order valence-corrected chi connectivity index (χ0v) is 21.9. The number of nitrogens with zero attached hydrogens (tertiary/aromatic N) is 4. The van der Waals surface area contributed by atoms with Crippen molar-refractivity contribution < 1.29 is 14.6 Å². The lowest BCUT2D eigenvalue weighted by Gasteiger charge is -2.18. The predicted molar refractivity (Wildman–Crippen MR) is 139 cm³/mol. The summed E-state index contributed by atoms with van der Waals surface area (Å²) in [5.41, 5.74) is 8.05. The molecular formula is C26H43N5O5. The summed E-state index contributed by atoms with van der Waals surface area (Å²) < 4.78 is 6.94. The van der Waals surface area contributed by atoms with Crippen LogP contribution in [0.5, 0.6) is 0 Å². The van der Waals surface area contributed by atoms with Crippen LogP contribution in [-0.2, 0) is 9.53 Å². The molecule has 202 valence electrons. The number of H-pyrrole nitrogens is 1. The fraction of sp³-hybridized carbons (Fsp3) is 0.808. The Bertz CT molecular complexity index is 968. The molecular weight excluding hydrogens is 462 g/mol. The van der Waals surface area contributed by atoms with Gasteiger partial charge in [-0.05, 0) is 18.9 Å². The molecule has 0 amide bonds. The first-order valence-corrected chi connectivity index (χ1v) is 13.6. The summed E-state index contributed by atoms with van der Waals surface area (Å²) in [6, 6.07) is -0.840. The maximum absolute atomic E-state index is 12.9. The monoisotopic (exact) mass is 505 g/mol. The first-order valence-electron chi connectivity index (χ1n) is 13.6. The smallest absolute Gasteiger partial charge is 0.330 e. The molecule has 1 aliphatic heterocycles. The molecule has 1 aromatic heterocycles. The number of ketones is 1. The summed E-state index contributed by atoms with van der Waals surface area (Å²) >= 11 is 0. The Morgan fingerprint density at radius 2 is 1.67 bits per heavy atom. The van der Waals surface area contributed by atoms with Gasteiger partial charge in [-0.3, -0.25) is 19.1 Å². The number of carbonyl (C=O) groups excluding carboxylic acids is 1. The zero-order valence-electron chi connectivity index (χ0n) is 21.9. The minimum atomic E-state index is -1.22. The van der Waals surface area contributed by atoms with Crippen molar-refractivity contribution in [1.82, 2.24) is 9.55 Å². The number of hydrogen-bond acceptors (Lipinski definition) is 6. The van der Waals surface area contributed by atoms with Gasteiger partial charge in [-0.15, -0.1) is 0 Å². The summed E-state index contributed by atoms with van der Waals surface area (Å²) in [5.74, 6) is -0.539. The predicted octanol–water partition coefficient (Wildman–Crippen LogP) is 5.22. The van der Waals surface area contributed by atoms with Gasteiger partial charge in [0.25, 0.3) is 5.56 Å². The van der Waals surface area contributed by atoms with E-state index in [0.29, 0.717) is 12.0 Å². The maximum Gasteiger partial charge on any atom is 0.330 e.